The number of amides is 1. The molecule has 0 aliphatic carbocycles. The van der Waals surface area contributed by atoms with E-state index in [9.17, 15) is 14.9 Å². The lowest BCUT2D eigenvalue weighted by atomic mass is 9.91. The second-order valence-electron chi connectivity index (χ2n) is 11.3. The van der Waals surface area contributed by atoms with Gasteiger partial charge in [-0.2, -0.15) is 5.26 Å². The molecule has 0 radical (unpaired) electrons. The summed E-state index contributed by atoms with van der Waals surface area (Å²) in [6, 6.07) is 21.3. The predicted octanol–water partition coefficient (Wildman–Crippen LogP) is 6.38. The largest absolute Gasteiger partial charge is 0.489 e. The zero-order valence-electron chi connectivity index (χ0n) is 23.3. The zero-order chi connectivity index (χ0) is 28.2. The highest BCUT2D eigenvalue weighted by Gasteiger charge is 2.31. The molecule has 0 bridgehead atoms. The van der Waals surface area contributed by atoms with Crippen LogP contribution in [-0.4, -0.2) is 47.9 Å². The van der Waals surface area contributed by atoms with Crippen LogP contribution < -0.4 is 4.74 Å². The maximum absolute atomic E-state index is 13.1. The number of hydrogen-bond donors (Lipinski definition) is 0. The van der Waals surface area contributed by atoms with E-state index in [1.807, 2.05) is 89.2 Å². The molecule has 204 valence electrons. The number of carbonyl (C=O) groups excluding carboxylic acids is 2. The number of nitrogens with zero attached hydrogens (tertiary/aromatic N) is 2. The average Bonchev–Trinajstić information content (AvgIpc) is 3.34. The molecule has 7 heteroatoms. The van der Waals surface area contributed by atoms with Crippen molar-refractivity contribution in [1.82, 2.24) is 4.90 Å². The van der Waals surface area contributed by atoms with Crippen LogP contribution in [0.1, 0.15) is 63.6 Å². The number of nitriles is 1. The van der Waals surface area contributed by atoms with E-state index in [4.69, 9.17) is 14.2 Å². The van der Waals surface area contributed by atoms with E-state index < -0.39 is 11.5 Å². The number of likely N-dealkylation sites (tertiary alicyclic amines) is 1. The van der Waals surface area contributed by atoms with Gasteiger partial charge in [0.05, 0.1) is 30.2 Å². The number of hydrogen-bond acceptors (Lipinski definition) is 6. The van der Waals surface area contributed by atoms with Gasteiger partial charge in [-0.15, -0.1) is 0 Å². The molecule has 1 fully saturated rings. The summed E-state index contributed by atoms with van der Waals surface area (Å²) in [5, 5.41) is 11.3. The fraction of sp³-hybridized carbons (Fsp3) is 0.406. The molecule has 1 saturated heterocycles. The molecule has 0 N–H and O–H groups in total. The van der Waals surface area contributed by atoms with Gasteiger partial charge in [0.25, 0.3) is 0 Å². The van der Waals surface area contributed by atoms with E-state index >= 15 is 0 Å². The van der Waals surface area contributed by atoms with Gasteiger partial charge in [0.15, 0.2) is 0 Å². The molecule has 3 aromatic carbocycles. The summed E-state index contributed by atoms with van der Waals surface area (Å²) in [7, 11) is 0. The van der Waals surface area contributed by atoms with Crippen LogP contribution in [0.5, 0.6) is 5.75 Å². The average molecular weight is 529 g/mol. The van der Waals surface area contributed by atoms with E-state index in [2.05, 4.69) is 6.07 Å². The lowest BCUT2D eigenvalue weighted by Gasteiger charge is -2.24. The van der Waals surface area contributed by atoms with Crippen molar-refractivity contribution in [2.24, 2.45) is 0 Å². The molecule has 1 amide bonds. The van der Waals surface area contributed by atoms with Gasteiger partial charge < -0.3 is 19.1 Å². The molecular weight excluding hydrogens is 492 g/mol. The van der Waals surface area contributed by atoms with Crippen molar-refractivity contribution in [3.8, 4) is 11.8 Å². The minimum absolute atomic E-state index is 0.124. The molecule has 1 aliphatic heterocycles. The molecule has 7 nitrogen and oxygen atoms in total. The van der Waals surface area contributed by atoms with Crippen molar-refractivity contribution >= 4 is 22.8 Å². The number of benzene rings is 3. The van der Waals surface area contributed by atoms with Crippen molar-refractivity contribution in [1.29, 1.82) is 5.26 Å². The van der Waals surface area contributed by atoms with Crippen molar-refractivity contribution in [2.75, 3.05) is 13.1 Å². The van der Waals surface area contributed by atoms with Crippen LogP contribution in [0.2, 0.25) is 0 Å². The maximum Gasteiger partial charge on any atom is 0.410 e. The Labute approximate surface area is 230 Å². The van der Waals surface area contributed by atoms with E-state index in [1.165, 1.54) is 0 Å². The van der Waals surface area contributed by atoms with Crippen LogP contribution >= 0.6 is 0 Å². The highest BCUT2D eigenvalue weighted by atomic mass is 16.6. The Hall–Kier alpha value is -4.05. The molecule has 4 rings (SSSR count). The molecule has 0 saturated carbocycles. The van der Waals surface area contributed by atoms with Gasteiger partial charge in [-0.05, 0) is 87.2 Å². The first-order valence-electron chi connectivity index (χ1n) is 13.4. The van der Waals surface area contributed by atoms with Crippen molar-refractivity contribution in [3.05, 3.63) is 77.4 Å². The fourth-order valence-electron chi connectivity index (χ4n) is 4.67. The summed E-state index contributed by atoms with van der Waals surface area (Å²) in [5.74, 6) is -0.0963. The number of esters is 1. The third kappa shape index (κ3) is 7.51. The molecule has 1 unspecified atom stereocenters. The normalized spacial score (nSPS) is 16.1. The van der Waals surface area contributed by atoms with Crippen LogP contribution in [0.3, 0.4) is 0 Å². The van der Waals surface area contributed by atoms with Crippen molar-refractivity contribution in [3.63, 3.8) is 0 Å². The fourth-order valence-corrected chi connectivity index (χ4v) is 4.67. The minimum Gasteiger partial charge on any atom is -0.489 e. The molecule has 0 aromatic heterocycles. The summed E-state index contributed by atoms with van der Waals surface area (Å²) < 4.78 is 17.2. The Kier molecular flexibility index (Phi) is 8.44. The van der Waals surface area contributed by atoms with Crippen LogP contribution in [0.4, 0.5) is 4.79 Å². The molecule has 39 heavy (non-hydrogen) atoms. The second-order valence-corrected chi connectivity index (χ2v) is 11.3. The van der Waals surface area contributed by atoms with E-state index in [0.29, 0.717) is 30.8 Å². The molecule has 1 aliphatic rings. The second kappa shape index (κ2) is 11.8. The topological polar surface area (TPSA) is 88.9 Å². The van der Waals surface area contributed by atoms with Gasteiger partial charge in [-0.25, -0.2) is 4.79 Å². The van der Waals surface area contributed by atoms with E-state index in [0.717, 1.165) is 28.3 Å². The smallest absolute Gasteiger partial charge is 0.410 e. The first-order chi connectivity index (χ1) is 18.5. The Morgan fingerprint density at radius 3 is 2.41 bits per heavy atom. The SMILES string of the molecule is CC(C)OC(=O)C(Cc1ccc2ccc(C#N)cc2c1)c1ccc(O[C@H]2CCN(C(=O)OC(C)(C)C)C2)cc1. The third-order valence-electron chi connectivity index (χ3n) is 6.49. The van der Waals surface area contributed by atoms with Crippen molar-refractivity contribution in [2.45, 2.75) is 71.2 Å². The van der Waals surface area contributed by atoms with Gasteiger partial charge in [-0.3, -0.25) is 4.79 Å². The summed E-state index contributed by atoms with van der Waals surface area (Å²) >= 11 is 0. The number of fused-ring (bicyclic) bond motifs is 1. The lowest BCUT2D eigenvalue weighted by molar-refractivity contribution is -0.149. The van der Waals surface area contributed by atoms with Crippen LogP contribution in [-0.2, 0) is 20.7 Å². The van der Waals surface area contributed by atoms with Gasteiger partial charge in [0, 0.05) is 13.0 Å². The Balaban J connectivity index is 1.47. The standard InChI is InChI=1S/C32H36N2O5/c1-21(2)37-30(35)29(18-22-6-8-24-9-7-23(19-33)17-26(24)16-22)25-10-12-27(13-11-25)38-28-14-15-34(20-28)31(36)39-32(3,4)5/h6-13,16-17,21,28-29H,14-15,18,20H2,1-5H3/t28-,29?/m0/s1. The first-order valence-corrected chi connectivity index (χ1v) is 13.4. The van der Waals surface area contributed by atoms with Gasteiger partial charge in [0.1, 0.15) is 17.5 Å². The van der Waals surface area contributed by atoms with Gasteiger partial charge in [0.2, 0.25) is 0 Å². The predicted molar refractivity (Wildman–Crippen MR) is 150 cm³/mol. The van der Waals surface area contributed by atoms with E-state index in [-0.39, 0.29) is 24.3 Å². The molecule has 2 atom stereocenters. The highest BCUT2D eigenvalue weighted by Crippen LogP contribution is 2.28. The van der Waals surface area contributed by atoms with Gasteiger partial charge in [-0.1, -0.05) is 36.4 Å². The van der Waals surface area contributed by atoms with E-state index in [1.54, 1.807) is 11.0 Å². The lowest BCUT2D eigenvalue weighted by Crippen LogP contribution is -2.36. The zero-order valence-corrected chi connectivity index (χ0v) is 23.3. The summed E-state index contributed by atoms with van der Waals surface area (Å²) in [6.45, 7) is 10.3. The molecule has 0 spiro atoms. The van der Waals surface area contributed by atoms with Crippen LogP contribution in [0.15, 0.2) is 60.7 Å². The monoisotopic (exact) mass is 528 g/mol. The number of carbonyl (C=O) groups is 2. The Bertz CT molecular complexity index is 1370. The number of rotatable bonds is 7. The number of ether oxygens (including phenoxy) is 3. The summed E-state index contributed by atoms with van der Waals surface area (Å²) in [4.78, 5) is 27.2. The molecular formula is C32H36N2O5. The first kappa shape index (κ1) is 28.0. The van der Waals surface area contributed by atoms with Crippen molar-refractivity contribution < 1.29 is 23.8 Å². The van der Waals surface area contributed by atoms with Crippen LogP contribution in [0, 0.1) is 11.3 Å². The quantitative estimate of drug-likeness (QED) is 0.331. The summed E-state index contributed by atoms with van der Waals surface area (Å²) in [5.41, 5.74) is 1.88. The molecule has 1 heterocycles. The maximum atomic E-state index is 13.1. The Morgan fingerprint density at radius 1 is 1.03 bits per heavy atom. The Morgan fingerprint density at radius 2 is 1.74 bits per heavy atom. The summed E-state index contributed by atoms with van der Waals surface area (Å²) in [6.07, 6.45) is 0.507. The highest BCUT2D eigenvalue weighted by molar-refractivity contribution is 5.85. The molecule has 3 aromatic rings. The van der Waals surface area contributed by atoms with Crippen LogP contribution in [0.25, 0.3) is 10.8 Å². The minimum atomic E-state index is -0.536. The van der Waals surface area contributed by atoms with Gasteiger partial charge >= 0.3 is 12.1 Å². The third-order valence-corrected chi connectivity index (χ3v) is 6.49.